The van der Waals surface area contributed by atoms with Gasteiger partial charge in [0, 0.05) is 22.4 Å². The molecule has 0 atom stereocenters. The lowest BCUT2D eigenvalue weighted by Crippen LogP contribution is -2.41. The Labute approximate surface area is 217 Å². The van der Waals surface area contributed by atoms with Crippen molar-refractivity contribution in [1.29, 1.82) is 0 Å². The van der Waals surface area contributed by atoms with Gasteiger partial charge >= 0.3 is 0 Å². The molecule has 1 heteroatoms. The number of hydrogen-bond donors (Lipinski definition) is 0. The molecule has 0 heterocycles. The van der Waals surface area contributed by atoms with Crippen molar-refractivity contribution in [3.05, 3.63) is 143 Å². The standard InChI is InChI=1S/C35H37N/c1-26-18-24-31(25-19-26)36(33-17-11-13-27-12-9-10-16-32(27)33)35(4,5)30-22-20-29(21-23-30)34(2,3)28-14-7-6-8-15-28/h6-8,10-11,13-18,20-25H,1,9,12,19H2,2-5H3. The molecule has 0 N–H and O–H groups in total. The molecule has 1 nitrogen and oxygen atoms in total. The number of rotatable bonds is 6. The number of anilines is 1. The van der Waals surface area contributed by atoms with E-state index in [1.165, 1.54) is 39.2 Å². The van der Waals surface area contributed by atoms with Crippen molar-refractivity contribution in [3.63, 3.8) is 0 Å². The zero-order chi connectivity index (χ0) is 25.3. The summed E-state index contributed by atoms with van der Waals surface area (Å²) in [6, 6.07) is 26.8. The quantitative estimate of drug-likeness (QED) is 0.346. The average Bonchev–Trinajstić information content (AvgIpc) is 2.90. The van der Waals surface area contributed by atoms with Gasteiger partial charge in [0.2, 0.25) is 0 Å². The van der Waals surface area contributed by atoms with Crippen molar-refractivity contribution in [2.45, 2.75) is 57.9 Å². The summed E-state index contributed by atoms with van der Waals surface area (Å²) in [4.78, 5) is 2.53. The third kappa shape index (κ3) is 4.39. The Bertz CT molecular complexity index is 1350. The number of hydrogen-bond acceptors (Lipinski definition) is 1. The van der Waals surface area contributed by atoms with Gasteiger partial charge in [-0.3, -0.25) is 0 Å². The largest absolute Gasteiger partial charge is 0.331 e. The van der Waals surface area contributed by atoms with Crippen LogP contribution in [0.3, 0.4) is 0 Å². The molecule has 5 rings (SSSR count). The van der Waals surface area contributed by atoms with E-state index in [-0.39, 0.29) is 11.0 Å². The maximum atomic E-state index is 4.17. The fourth-order valence-corrected chi connectivity index (χ4v) is 5.59. The van der Waals surface area contributed by atoms with Crippen LogP contribution < -0.4 is 4.90 Å². The summed E-state index contributed by atoms with van der Waals surface area (Å²) in [5.74, 6) is 0. The lowest BCUT2D eigenvalue weighted by molar-refractivity contribution is 0.519. The molecule has 182 valence electrons. The maximum absolute atomic E-state index is 4.17. The van der Waals surface area contributed by atoms with Gasteiger partial charge in [-0.05, 0) is 67.5 Å². The molecule has 0 spiro atoms. The molecule has 3 aromatic rings. The van der Waals surface area contributed by atoms with Crippen molar-refractivity contribution in [2.75, 3.05) is 4.90 Å². The van der Waals surface area contributed by atoms with Crippen LogP contribution in [0.4, 0.5) is 5.69 Å². The number of nitrogens with zero attached hydrogens (tertiary/aromatic N) is 1. The molecule has 0 bridgehead atoms. The summed E-state index contributed by atoms with van der Waals surface area (Å²) < 4.78 is 0. The fraction of sp³-hybridized carbons (Fsp3) is 0.257. The van der Waals surface area contributed by atoms with Gasteiger partial charge in [-0.25, -0.2) is 0 Å². The van der Waals surface area contributed by atoms with Crippen LogP contribution in [0.15, 0.2) is 115 Å². The molecule has 36 heavy (non-hydrogen) atoms. The van der Waals surface area contributed by atoms with Crippen LogP contribution in [0.2, 0.25) is 0 Å². The SMILES string of the molecule is C=C1C=CC(N(c2cccc3c2C=CCC3)C(C)(C)c2ccc(C(C)(C)c3ccccc3)cc2)=CC1. The molecule has 0 saturated heterocycles. The Morgan fingerprint density at radius 1 is 0.722 bits per heavy atom. The molecule has 0 saturated carbocycles. The van der Waals surface area contributed by atoms with Gasteiger partial charge in [-0.15, -0.1) is 0 Å². The highest BCUT2D eigenvalue weighted by atomic mass is 15.2. The van der Waals surface area contributed by atoms with Crippen molar-refractivity contribution in [1.82, 2.24) is 0 Å². The third-order valence-electron chi connectivity index (χ3n) is 7.97. The van der Waals surface area contributed by atoms with Gasteiger partial charge in [0.25, 0.3) is 0 Å². The Hall–Kier alpha value is -3.58. The third-order valence-corrected chi connectivity index (χ3v) is 7.97. The van der Waals surface area contributed by atoms with Crippen LogP contribution in [0.25, 0.3) is 6.08 Å². The first-order valence-electron chi connectivity index (χ1n) is 13.1. The number of aryl methyl sites for hydroxylation is 1. The summed E-state index contributed by atoms with van der Waals surface area (Å²) in [7, 11) is 0. The van der Waals surface area contributed by atoms with Crippen LogP contribution >= 0.6 is 0 Å². The van der Waals surface area contributed by atoms with E-state index in [9.17, 15) is 0 Å². The van der Waals surface area contributed by atoms with Gasteiger partial charge in [-0.2, -0.15) is 0 Å². The minimum Gasteiger partial charge on any atom is -0.331 e. The predicted molar refractivity (Wildman–Crippen MR) is 155 cm³/mol. The zero-order valence-electron chi connectivity index (χ0n) is 22.1. The molecular formula is C35H37N. The van der Waals surface area contributed by atoms with Crippen LogP contribution in [0, 0.1) is 0 Å². The normalized spacial score (nSPS) is 15.4. The van der Waals surface area contributed by atoms with Gasteiger partial charge < -0.3 is 4.90 Å². The van der Waals surface area contributed by atoms with Gasteiger partial charge in [-0.1, -0.05) is 117 Å². The molecule has 0 aliphatic heterocycles. The molecule has 0 aromatic heterocycles. The maximum Gasteiger partial charge on any atom is 0.0646 e. The highest BCUT2D eigenvalue weighted by Crippen LogP contribution is 2.42. The van der Waals surface area contributed by atoms with E-state index in [4.69, 9.17) is 0 Å². The molecule has 0 unspecified atom stereocenters. The van der Waals surface area contributed by atoms with Crippen LogP contribution in [-0.4, -0.2) is 0 Å². The van der Waals surface area contributed by atoms with Gasteiger partial charge in [0.15, 0.2) is 0 Å². The molecule has 3 aromatic carbocycles. The monoisotopic (exact) mass is 471 g/mol. The van der Waals surface area contributed by atoms with E-state index in [1.54, 1.807) is 0 Å². The minimum atomic E-state index is -0.259. The fourth-order valence-electron chi connectivity index (χ4n) is 5.59. The molecule has 0 radical (unpaired) electrons. The second kappa shape index (κ2) is 9.47. The van der Waals surface area contributed by atoms with Crippen molar-refractivity contribution in [3.8, 4) is 0 Å². The summed E-state index contributed by atoms with van der Waals surface area (Å²) in [6.07, 6.45) is 14.4. The summed E-state index contributed by atoms with van der Waals surface area (Å²) >= 11 is 0. The minimum absolute atomic E-state index is 0.0537. The van der Waals surface area contributed by atoms with E-state index >= 15 is 0 Å². The Morgan fingerprint density at radius 3 is 2.11 bits per heavy atom. The zero-order valence-corrected chi connectivity index (χ0v) is 22.1. The number of benzene rings is 3. The highest BCUT2D eigenvalue weighted by Gasteiger charge is 2.34. The molecular weight excluding hydrogens is 434 g/mol. The van der Waals surface area contributed by atoms with Crippen molar-refractivity contribution >= 4 is 11.8 Å². The first-order valence-corrected chi connectivity index (χ1v) is 13.1. The Morgan fingerprint density at radius 2 is 1.42 bits per heavy atom. The van der Waals surface area contributed by atoms with Crippen LogP contribution in [-0.2, 0) is 17.4 Å². The molecule has 0 amide bonds. The topological polar surface area (TPSA) is 3.24 Å². The van der Waals surface area contributed by atoms with Crippen LogP contribution in [0.5, 0.6) is 0 Å². The van der Waals surface area contributed by atoms with Gasteiger partial charge in [0.05, 0.1) is 5.54 Å². The Balaban J connectivity index is 1.58. The Kier molecular flexibility index (Phi) is 6.35. The summed E-state index contributed by atoms with van der Waals surface area (Å²) in [5.41, 5.74) is 10.1. The van der Waals surface area contributed by atoms with E-state index < -0.39 is 0 Å². The van der Waals surface area contributed by atoms with Gasteiger partial charge in [0.1, 0.15) is 0 Å². The first kappa shape index (κ1) is 24.1. The number of allylic oxidation sites excluding steroid dienone is 5. The summed E-state index contributed by atoms with van der Waals surface area (Å²) in [5, 5.41) is 0. The molecule has 2 aliphatic carbocycles. The molecule has 2 aliphatic rings. The smallest absolute Gasteiger partial charge is 0.0646 e. The van der Waals surface area contributed by atoms with Crippen molar-refractivity contribution in [2.24, 2.45) is 0 Å². The van der Waals surface area contributed by atoms with E-state index in [1.807, 2.05) is 0 Å². The van der Waals surface area contributed by atoms with E-state index in [0.717, 1.165) is 24.8 Å². The highest BCUT2D eigenvalue weighted by molar-refractivity contribution is 5.76. The predicted octanol–water partition coefficient (Wildman–Crippen LogP) is 9.11. The molecule has 0 fully saturated rings. The lowest BCUT2D eigenvalue weighted by atomic mass is 9.77. The second-order valence-corrected chi connectivity index (χ2v) is 11.1. The summed E-state index contributed by atoms with van der Waals surface area (Å²) in [6.45, 7) is 13.5. The lowest BCUT2D eigenvalue weighted by Gasteiger charge is -2.43. The van der Waals surface area contributed by atoms with Crippen LogP contribution in [0.1, 0.15) is 68.4 Å². The second-order valence-electron chi connectivity index (χ2n) is 11.1. The van der Waals surface area contributed by atoms with E-state index in [0.29, 0.717) is 0 Å². The average molecular weight is 472 g/mol. The van der Waals surface area contributed by atoms with Crippen molar-refractivity contribution < 1.29 is 0 Å². The number of fused-ring (bicyclic) bond motifs is 1. The first-order chi connectivity index (χ1) is 17.3. The van der Waals surface area contributed by atoms with E-state index in [2.05, 4.69) is 142 Å².